The number of hydrogen-bond donors (Lipinski definition) is 1. The van der Waals surface area contributed by atoms with E-state index in [9.17, 15) is 4.55 Å². The van der Waals surface area contributed by atoms with Gasteiger partial charge in [-0.3, -0.25) is 4.98 Å². The molecule has 1 aliphatic heterocycles. The number of anilines is 1. The number of rotatable bonds is 3. The van der Waals surface area contributed by atoms with E-state index in [2.05, 4.69) is 14.9 Å². The van der Waals surface area contributed by atoms with Gasteiger partial charge in [0.2, 0.25) is 5.95 Å². The average Bonchev–Trinajstić information content (AvgIpc) is 3.15. The predicted molar refractivity (Wildman–Crippen MR) is 96.5 cm³/mol. The van der Waals surface area contributed by atoms with Gasteiger partial charge in [-0.2, -0.15) is 0 Å². The molecule has 1 atom stereocenters. The molecule has 1 unspecified atom stereocenters. The Morgan fingerprint density at radius 2 is 2.00 bits per heavy atom. The highest BCUT2D eigenvalue weighted by Gasteiger charge is 2.24. The first-order valence-electron chi connectivity index (χ1n) is 7.86. The zero-order chi connectivity index (χ0) is 16.7. The van der Waals surface area contributed by atoms with Crippen LogP contribution in [-0.2, 0) is 17.7 Å². The summed E-state index contributed by atoms with van der Waals surface area (Å²) >= 11 is -1.01. The van der Waals surface area contributed by atoms with Crippen LogP contribution in [0, 0.1) is 6.92 Å². The van der Waals surface area contributed by atoms with Gasteiger partial charge in [0, 0.05) is 30.4 Å². The van der Waals surface area contributed by atoms with E-state index < -0.39 is 11.2 Å². The number of aromatic nitrogens is 3. The molecule has 4 rings (SSSR count). The van der Waals surface area contributed by atoms with Crippen LogP contribution >= 0.6 is 0 Å². The van der Waals surface area contributed by atoms with Crippen LogP contribution in [0.25, 0.3) is 22.6 Å². The van der Waals surface area contributed by atoms with Crippen LogP contribution < -0.4 is 5.32 Å². The molecule has 24 heavy (non-hydrogen) atoms. The second kappa shape index (κ2) is 5.96. The van der Waals surface area contributed by atoms with Gasteiger partial charge in [0.05, 0.1) is 11.4 Å². The van der Waals surface area contributed by atoms with Crippen molar-refractivity contribution in [2.24, 2.45) is 0 Å². The second-order valence-corrected chi connectivity index (χ2v) is 7.24. The van der Waals surface area contributed by atoms with Gasteiger partial charge >= 0.3 is 0 Å². The third-order valence-corrected chi connectivity index (χ3v) is 5.07. The minimum atomic E-state index is -1.01. The fraction of sp³-hybridized carbons (Fsp3) is 0.222. The first-order chi connectivity index (χ1) is 11.6. The van der Waals surface area contributed by atoms with E-state index in [1.54, 1.807) is 6.26 Å². The van der Waals surface area contributed by atoms with Gasteiger partial charge < -0.3 is 14.4 Å². The van der Waals surface area contributed by atoms with E-state index in [1.807, 2.05) is 49.4 Å². The first kappa shape index (κ1) is 15.2. The minimum Gasteiger partial charge on any atom is -0.612 e. The minimum absolute atomic E-state index is 0.817. The van der Waals surface area contributed by atoms with Crippen LogP contribution in [0.2, 0.25) is 0 Å². The van der Waals surface area contributed by atoms with E-state index in [4.69, 9.17) is 4.98 Å². The zero-order valence-electron chi connectivity index (χ0n) is 13.6. The van der Waals surface area contributed by atoms with Gasteiger partial charge in [-0.25, -0.2) is 4.98 Å². The number of nitrogens with one attached hydrogen (secondary N) is 1. The Hall–Kier alpha value is -2.31. The molecule has 5 nitrogen and oxygen atoms in total. The lowest BCUT2D eigenvalue weighted by atomic mass is 10.1. The molecule has 6 heteroatoms. The van der Waals surface area contributed by atoms with Crippen LogP contribution in [0.1, 0.15) is 5.69 Å². The van der Waals surface area contributed by atoms with Crippen LogP contribution in [-0.4, -0.2) is 31.9 Å². The molecule has 0 spiro atoms. The number of aryl methyl sites for hydroxylation is 1. The monoisotopic (exact) mass is 338 g/mol. The molecule has 122 valence electrons. The highest BCUT2D eigenvalue weighted by atomic mass is 32.2. The topological polar surface area (TPSA) is 65.8 Å². The van der Waals surface area contributed by atoms with Crippen molar-refractivity contribution in [2.75, 3.05) is 18.1 Å². The van der Waals surface area contributed by atoms with E-state index in [0.29, 0.717) is 0 Å². The van der Waals surface area contributed by atoms with Crippen molar-refractivity contribution >= 4 is 17.1 Å². The molecule has 1 N–H and O–H groups in total. The quantitative estimate of drug-likeness (QED) is 0.745. The summed E-state index contributed by atoms with van der Waals surface area (Å²) < 4.78 is 14.0. The molecule has 2 aromatic heterocycles. The number of hydrogen-bond acceptors (Lipinski definition) is 4. The molecular formula is C18H18N4OS. The molecule has 0 bridgehead atoms. The van der Waals surface area contributed by atoms with E-state index in [0.717, 1.165) is 52.3 Å². The van der Waals surface area contributed by atoms with E-state index >= 15 is 0 Å². The summed E-state index contributed by atoms with van der Waals surface area (Å²) in [5, 5.41) is 3.32. The molecular weight excluding hydrogens is 320 g/mol. The second-order valence-electron chi connectivity index (χ2n) is 5.86. The maximum atomic E-state index is 11.9. The molecule has 0 fully saturated rings. The fourth-order valence-corrected chi connectivity index (χ4v) is 3.62. The maximum absolute atomic E-state index is 11.9. The van der Waals surface area contributed by atoms with Gasteiger partial charge in [0.1, 0.15) is 11.9 Å². The van der Waals surface area contributed by atoms with Crippen molar-refractivity contribution in [2.45, 2.75) is 18.4 Å². The number of pyridine rings is 1. The summed E-state index contributed by atoms with van der Waals surface area (Å²) in [5.74, 6) is 0.867. The first-order valence-corrected chi connectivity index (χ1v) is 9.41. The van der Waals surface area contributed by atoms with Crippen LogP contribution in [0.5, 0.6) is 0 Å². The van der Waals surface area contributed by atoms with Gasteiger partial charge in [0.15, 0.2) is 4.90 Å². The Labute approximate surface area is 144 Å². The summed E-state index contributed by atoms with van der Waals surface area (Å²) in [6.45, 7) is 3.71. The Bertz CT molecular complexity index is 904. The Morgan fingerprint density at radius 1 is 1.17 bits per heavy atom. The zero-order valence-corrected chi connectivity index (χ0v) is 14.4. The largest absolute Gasteiger partial charge is 0.612 e. The van der Waals surface area contributed by atoms with Gasteiger partial charge in [-0.15, -0.1) is 0 Å². The van der Waals surface area contributed by atoms with Gasteiger partial charge in [-0.05, 0) is 36.3 Å². The van der Waals surface area contributed by atoms with Crippen molar-refractivity contribution in [1.82, 2.24) is 14.5 Å². The van der Waals surface area contributed by atoms with E-state index in [-0.39, 0.29) is 0 Å². The van der Waals surface area contributed by atoms with Crippen molar-refractivity contribution < 1.29 is 4.55 Å². The van der Waals surface area contributed by atoms with Gasteiger partial charge in [-0.1, -0.05) is 18.2 Å². The lowest BCUT2D eigenvalue weighted by molar-refractivity contribution is 0.601. The lowest BCUT2D eigenvalue weighted by Crippen LogP contribution is -2.01. The maximum Gasteiger partial charge on any atom is 0.204 e. The summed E-state index contributed by atoms with van der Waals surface area (Å²) in [6, 6.07) is 13.8. The number of fused-ring (bicyclic) bond motifs is 1. The number of nitrogens with zero attached hydrogens (tertiary/aromatic N) is 3. The van der Waals surface area contributed by atoms with Gasteiger partial charge in [0.25, 0.3) is 0 Å². The Kier molecular flexibility index (Phi) is 3.78. The van der Waals surface area contributed by atoms with Crippen LogP contribution in [0.3, 0.4) is 0 Å². The number of imidazole rings is 1. The van der Waals surface area contributed by atoms with Crippen LogP contribution in [0.15, 0.2) is 47.4 Å². The summed E-state index contributed by atoms with van der Waals surface area (Å²) in [6.07, 6.45) is 1.70. The van der Waals surface area contributed by atoms with E-state index in [1.165, 1.54) is 0 Å². The molecule has 3 heterocycles. The molecule has 3 aromatic rings. The van der Waals surface area contributed by atoms with Crippen LogP contribution in [0.4, 0.5) is 5.95 Å². The predicted octanol–water partition coefficient (Wildman–Crippen LogP) is 3.08. The third-order valence-electron chi connectivity index (χ3n) is 4.16. The smallest absolute Gasteiger partial charge is 0.204 e. The summed E-state index contributed by atoms with van der Waals surface area (Å²) in [4.78, 5) is 10.2. The van der Waals surface area contributed by atoms with Crippen molar-refractivity contribution in [3.8, 4) is 22.6 Å². The molecule has 1 aliphatic rings. The Balaban J connectivity index is 1.93. The standard InChI is InChI=1S/C18H18N4OS/c1-12-5-3-8-15(20-12)16-17(22-10-9-19-18(22)21-16)13-6-4-7-14(11-13)24(2)23/h3-8,11H,9-10H2,1-2H3,(H,19,21). The molecule has 1 aromatic carbocycles. The average molecular weight is 338 g/mol. The molecule has 0 saturated heterocycles. The lowest BCUT2D eigenvalue weighted by Gasteiger charge is -2.10. The normalized spacial score (nSPS) is 14.3. The molecule has 0 aliphatic carbocycles. The van der Waals surface area contributed by atoms with Crippen molar-refractivity contribution in [1.29, 1.82) is 0 Å². The SMILES string of the molecule is Cc1cccc(-c2nc3n(c2-c2cccc([S+](C)[O-])c2)CCN3)n1. The summed E-state index contributed by atoms with van der Waals surface area (Å²) in [5.41, 5.74) is 4.73. The van der Waals surface area contributed by atoms with Crippen molar-refractivity contribution in [3.63, 3.8) is 0 Å². The highest BCUT2D eigenvalue weighted by molar-refractivity contribution is 7.90. The molecule has 0 radical (unpaired) electrons. The number of benzene rings is 1. The van der Waals surface area contributed by atoms with Crippen molar-refractivity contribution in [3.05, 3.63) is 48.2 Å². The summed E-state index contributed by atoms with van der Waals surface area (Å²) in [7, 11) is 0. The third kappa shape index (κ3) is 2.57. The Morgan fingerprint density at radius 3 is 2.79 bits per heavy atom. The highest BCUT2D eigenvalue weighted by Crippen LogP contribution is 2.36. The fourth-order valence-electron chi connectivity index (χ4n) is 3.05. The molecule has 0 saturated carbocycles. The molecule has 0 amide bonds.